The van der Waals surface area contributed by atoms with Gasteiger partial charge in [-0.3, -0.25) is 9.89 Å². The number of rotatable bonds is 3. The SMILES string of the molecule is Cc1nc(-c2cccc(NC(=O)C3CCCN3)c2)n[nH]1.Cl. The lowest BCUT2D eigenvalue weighted by Gasteiger charge is -2.11. The lowest BCUT2D eigenvalue weighted by molar-refractivity contribution is -0.117. The van der Waals surface area contributed by atoms with Gasteiger partial charge in [0.2, 0.25) is 5.91 Å². The number of benzene rings is 1. The Morgan fingerprint density at radius 2 is 2.29 bits per heavy atom. The molecule has 1 atom stereocenters. The third-order valence-corrected chi connectivity index (χ3v) is 3.36. The van der Waals surface area contributed by atoms with Crippen LogP contribution in [0.5, 0.6) is 0 Å². The van der Waals surface area contributed by atoms with Crippen molar-refractivity contribution in [2.45, 2.75) is 25.8 Å². The van der Waals surface area contributed by atoms with E-state index in [9.17, 15) is 4.79 Å². The molecule has 3 rings (SSSR count). The van der Waals surface area contributed by atoms with E-state index in [0.717, 1.165) is 36.5 Å². The molecule has 1 aromatic heterocycles. The predicted octanol–water partition coefficient (Wildman–Crippen LogP) is 1.89. The van der Waals surface area contributed by atoms with Gasteiger partial charge in [-0.15, -0.1) is 12.4 Å². The highest BCUT2D eigenvalue weighted by Crippen LogP contribution is 2.19. The zero-order valence-corrected chi connectivity index (χ0v) is 12.5. The molecule has 1 aromatic carbocycles. The van der Waals surface area contributed by atoms with Crippen LogP contribution >= 0.6 is 12.4 Å². The molecule has 2 heterocycles. The third-order valence-electron chi connectivity index (χ3n) is 3.36. The number of nitrogens with zero attached hydrogens (tertiary/aromatic N) is 2. The molecule has 0 aliphatic carbocycles. The monoisotopic (exact) mass is 307 g/mol. The molecule has 1 amide bonds. The highest BCUT2D eigenvalue weighted by atomic mass is 35.5. The number of carbonyl (C=O) groups excluding carboxylic acids is 1. The maximum atomic E-state index is 12.1. The topological polar surface area (TPSA) is 82.7 Å². The molecular formula is C14H18ClN5O. The van der Waals surface area contributed by atoms with Crippen LogP contribution in [0.25, 0.3) is 11.4 Å². The van der Waals surface area contributed by atoms with Crippen molar-refractivity contribution in [2.75, 3.05) is 11.9 Å². The van der Waals surface area contributed by atoms with Crippen LogP contribution in [0.4, 0.5) is 5.69 Å². The van der Waals surface area contributed by atoms with Gasteiger partial charge in [0.05, 0.1) is 6.04 Å². The first-order chi connectivity index (χ1) is 9.72. The summed E-state index contributed by atoms with van der Waals surface area (Å²) in [5, 5.41) is 13.1. The van der Waals surface area contributed by atoms with E-state index in [-0.39, 0.29) is 24.4 Å². The van der Waals surface area contributed by atoms with E-state index >= 15 is 0 Å². The Kier molecular flexibility index (Phi) is 4.93. The van der Waals surface area contributed by atoms with E-state index in [1.165, 1.54) is 0 Å². The lowest BCUT2D eigenvalue weighted by atomic mass is 10.1. The summed E-state index contributed by atoms with van der Waals surface area (Å²) in [6.45, 7) is 2.77. The van der Waals surface area contributed by atoms with Gasteiger partial charge in [0.25, 0.3) is 0 Å². The average Bonchev–Trinajstić information content (AvgIpc) is 3.10. The Labute approximate surface area is 129 Å². The van der Waals surface area contributed by atoms with Gasteiger partial charge in [-0.05, 0) is 38.4 Å². The van der Waals surface area contributed by atoms with Gasteiger partial charge in [-0.2, -0.15) is 5.10 Å². The van der Waals surface area contributed by atoms with Crippen LogP contribution in [0.1, 0.15) is 18.7 Å². The van der Waals surface area contributed by atoms with E-state index < -0.39 is 0 Å². The molecule has 0 bridgehead atoms. The van der Waals surface area contributed by atoms with E-state index in [2.05, 4.69) is 25.8 Å². The Balaban J connectivity index is 0.00000161. The van der Waals surface area contributed by atoms with E-state index in [1.54, 1.807) is 0 Å². The number of aryl methyl sites for hydroxylation is 1. The Hall–Kier alpha value is -1.92. The van der Waals surface area contributed by atoms with Crippen molar-refractivity contribution < 1.29 is 4.79 Å². The molecular weight excluding hydrogens is 290 g/mol. The van der Waals surface area contributed by atoms with Crippen molar-refractivity contribution in [2.24, 2.45) is 0 Å². The number of nitrogens with one attached hydrogen (secondary N) is 3. The standard InChI is InChI=1S/C14H17N5O.ClH/c1-9-16-13(19-18-9)10-4-2-5-11(8-10)17-14(20)12-6-3-7-15-12;/h2,4-5,8,12,15H,3,6-7H2,1H3,(H,17,20)(H,16,18,19);1H. The summed E-state index contributed by atoms with van der Waals surface area (Å²) in [6, 6.07) is 7.49. The van der Waals surface area contributed by atoms with Crippen molar-refractivity contribution in [1.29, 1.82) is 0 Å². The van der Waals surface area contributed by atoms with E-state index in [0.29, 0.717) is 5.82 Å². The van der Waals surface area contributed by atoms with Crippen LogP contribution in [0.3, 0.4) is 0 Å². The maximum Gasteiger partial charge on any atom is 0.241 e. The quantitative estimate of drug-likeness (QED) is 0.808. The predicted molar refractivity (Wildman–Crippen MR) is 83.5 cm³/mol. The van der Waals surface area contributed by atoms with Gasteiger partial charge in [-0.1, -0.05) is 12.1 Å². The van der Waals surface area contributed by atoms with Crippen molar-refractivity contribution in [3.8, 4) is 11.4 Å². The van der Waals surface area contributed by atoms with E-state index in [4.69, 9.17) is 0 Å². The summed E-state index contributed by atoms with van der Waals surface area (Å²) in [4.78, 5) is 16.3. The molecule has 1 aliphatic heterocycles. The average molecular weight is 308 g/mol. The number of amides is 1. The first-order valence-corrected chi connectivity index (χ1v) is 6.76. The van der Waals surface area contributed by atoms with Crippen LogP contribution < -0.4 is 10.6 Å². The molecule has 112 valence electrons. The molecule has 0 radical (unpaired) electrons. The van der Waals surface area contributed by atoms with Gasteiger partial charge in [0.15, 0.2) is 5.82 Å². The minimum Gasteiger partial charge on any atom is -0.325 e. The van der Waals surface area contributed by atoms with Crippen LogP contribution in [-0.2, 0) is 4.79 Å². The zero-order valence-electron chi connectivity index (χ0n) is 11.7. The minimum absolute atomic E-state index is 0. The lowest BCUT2D eigenvalue weighted by Crippen LogP contribution is -2.35. The van der Waals surface area contributed by atoms with E-state index in [1.807, 2.05) is 31.2 Å². The molecule has 2 aromatic rings. The molecule has 21 heavy (non-hydrogen) atoms. The minimum atomic E-state index is -0.0793. The first-order valence-electron chi connectivity index (χ1n) is 6.76. The third kappa shape index (κ3) is 3.59. The molecule has 6 nitrogen and oxygen atoms in total. The number of anilines is 1. The first kappa shape index (κ1) is 15.5. The molecule has 3 N–H and O–H groups in total. The number of hydrogen-bond acceptors (Lipinski definition) is 4. The molecule has 1 saturated heterocycles. The molecule has 7 heteroatoms. The number of carbonyl (C=O) groups is 1. The van der Waals surface area contributed by atoms with Gasteiger partial charge < -0.3 is 10.6 Å². The highest BCUT2D eigenvalue weighted by Gasteiger charge is 2.21. The molecule has 1 aliphatic rings. The normalized spacial score (nSPS) is 17.3. The molecule has 1 fully saturated rings. The van der Waals surface area contributed by atoms with Crippen LogP contribution in [0, 0.1) is 6.92 Å². The van der Waals surface area contributed by atoms with Crippen LogP contribution in [-0.4, -0.2) is 33.7 Å². The van der Waals surface area contributed by atoms with Crippen LogP contribution in [0.15, 0.2) is 24.3 Å². The summed E-state index contributed by atoms with van der Waals surface area (Å²) in [7, 11) is 0. The van der Waals surface area contributed by atoms with Crippen molar-refractivity contribution in [1.82, 2.24) is 20.5 Å². The van der Waals surface area contributed by atoms with Crippen molar-refractivity contribution >= 4 is 24.0 Å². The Morgan fingerprint density at radius 1 is 1.43 bits per heavy atom. The largest absolute Gasteiger partial charge is 0.325 e. The van der Waals surface area contributed by atoms with Gasteiger partial charge in [-0.25, -0.2) is 4.98 Å². The fourth-order valence-corrected chi connectivity index (χ4v) is 2.35. The fraction of sp³-hybridized carbons (Fsp3) is 0.357. The van der Waals surface area contributed by atoms with Gasteiger partial charge in [0, 0.05) is 11.3 Å². The number of H-pyrrole nitrogens is 1. The zero-order chi connectivity index (χ0) is 13.9. The molecule has 1 unspecified atom stereocenters. The van der Waals surface area contributed by atoms with Crippen molar-refractivity contribution in [3.63, 3.8) is 0 Å². The number of halogens is 1. The molecule has 0 spiro atoms. The smallest absolute Gasteiger partial charge is 0.241 e. The molecule has 0 saturated carbocycles. The second-order valence-corrected chi connectivity index (χ2v) is 4.96. The highest BCUT2D eigenvalue weighted by molar-refractivity contribution is 5.95. The van der Waals surface area contributed by atoms with Crippen molar-refractivity contribution in [3.05, 3.63) is 30.1 Å². The second-order valence-electron chi connectivity index (χ2n) is 4.96. The number of aromatic nitrogens is 3. The summed E-state index contributed by atoms with van der Waals surface area (Å²) in [5.41, 5.74) is 1.65. The number of hydrogen-bond donors (Lipinski definition) is 3. The number of aromatic amines is 1. The summed E-state index contributed by atoms with van der Waals surface area (Å²) < 4.78 is 0. The Morgan fingerprint density at radius 3 is 2.95 bits per heavy atom. The summed E-state index contributed by atoms with van der Waals surface area (Å²) in [5.74, 6) is 1.42. The fourth-order valence-electron chi connectivity index (χ4n) is 2.35. The Bertz CT molecular complexity index is 621. The maximum absolute atomic E-state index is 12.1. The van der Waals surface area contributed by atoms with Crippen LogP contribution in [0.2, 0.25) is 0 Å². The summed E-state index contributed by atoms with van der Waals surface area (Å²) >= 11 is 0. The van der Waals surface area contributed by atoms with Gasteiger partial charge in [0.1, 0.15) is 5.82 Å². The second kappa shape index (κ2) is 6.69. The van der Waals surface area contributed by atoms with Gasteiger partial charge >= 0.3 is 0 Å². The summed E-state index contributed by atoms with van der Waals surface area (Å²) in [6.07, 6.45) is 1.94.